The fourth-order valence-electron chi connectivity index (χ4n) is 1.61. The summed E-state index contributed by atoms with van der Waals surface area (Å²) in [7, 11) is 0. The molecule has 0 aromatic heterocycles. The highest BCUT2D eigenvalue weighted by Gasteiger charge is 2.41. The molecule has 1 aliphatic heterocycles. The SMILES string of the molecule is C#CC1(C)COCN1C(C)(C)C.Cl. The molecule has 0 amide bonds. The molecule has 1 fully saturated rings. The van der Waals surface area contributed by atoms with Crippen LogP contribution in [0.2, 0.25) is 0 Å². The van der Waals surface area contributed by atoms with Crippen molar-refractivity contribution in [1.29, 1.82) is 0 Å². The van der Waals surface area contributed by atoms with Crippen LogP contribution in [0.25, 0.3) is 0 Å². The summed E-state index contributed by atoms with van der Waals surface area (Å²) in [6.45, 7) is 9.78. The molecule has 76 valence electrons. The topological polar surface area (TPSA) is 12.5 Å². The number of rotatable bonds is 0. The van der Waals surface area contributed by atoms with Crippen LogP contribution in [0.1, 0.15) is 27.7 Å². The maximum Gasteiger partial charge on any atom is 0.105 e. The van der Waals surface area contributed by atoms with Crippen LogP contribution in [0.3, 0.4) is 0 Å². The Morgan fingerprint density at radius 2 is 2.00 bits per heavy atom. The van der Waals surface area contributed by atoms with Crippen molar-refractivity contribution in [2.45, 2.75) is 38.8 Å². The quantitative estimate of drug-likeness (QED) is 0.558. The first-order valence-electron chi connectivity index (χ1n) is 4.23. The molecule has 1 atom stereocenters. The van der Waals surface area contributed by atoms with Gasteiger partial charge in [-0.15, -0.1) is 18.8 Å². The first-order valence-corrected chi connectivity index (χ1v) is 4.23. The van der Waals surface area contributed by atoms with E-state index in [1.54, 1.807) is 0 Å². The minimum Gasteiger partial charge on any atom is -0.363 e. The van der Waals surface area contributed by atoms with Crippen LogP contribution >= 0.6 is 12.4 Å². The van der Waals surface area contributed by atoms with Gasteiger partial charge < -0.3 is 4.74 Å². The molecule has 1 heterocycles. The summed E-state index contributed by atoms with van der Waals surface area (Å²) in [6.07, 6.45) is 5.48. The summed E-state index contributed by atoms with van der Waals surface area (Å²) in [5, 5.41) is 0. The van der Waals surface area contributed by atoms with Gasteiger partial charge in [0.25, 0.3) is 0 Å². The van der Waals surface area contributed by atoms with Gasteiger partial charge in [-0.3, -0.25) is 4.90 Å². The molecule has 0 bridgehead atoms. The first-order chi connectivity index (χ1) is 5.40. The maximum absolute atomic E-state index is 5.48. The highest BCUT2D eigenvalue weighted by molar-refractivity contribution is 5.85. The minimum absolute atomic E-state index is 0. The van der Waals surface area contributed by atoms with Gasteiger partial charge in [-0.1, -0.05) is 5.92 Å². The Labute approximate surface area is 87.0 Å². The predicted molar refractivity (Wildman–Crippen MR) is 56.9 cm³/mol. The zero-order valence-electron chi connectivity index (χ0n) is 8.76. The predicted octanol–water partition coefficient (Wildman–Crippen LogP) is 1.89. The minimum atomic E-state index is -0.224. The smallest absolute Gasteiger partial charge is 0.105 e. The molecule has 0 radical (unpaired) electrons. The van der Waals surface area contributed by atoms with Gasteiger partial charge in [0.05, 0.1) is 6.61 Å². The van der Waals surface area contributed by atoms with Crippen molar-refractivity contribution in [3.63, 3.8) is 0 Å². The van der Waals surface area contributed by atoms with Gasteiger partial charge in [-0.25, -0.2) is 0 Å². The van der Waals surface area contributed by atoms with E-state index in [1.165, 1.54) is 0 Å². The monoisotopic (exact) mass is 203 g/mol. The number of terminal acetylenes is 1. The third-order valence-electron chi connectivity index (χ3n) is 2.32. The molecule has 0 aromatic carbocycles. The molecule has 1 aliphatic rings. The van der Waals surface area contributed by atoms with Gasteiger partial charge in [0.15, 0.2) is 0 Å². The van der Waals surface area contributed by atoms with Crippen LogP contribution < -0.4 is 0 Å². The standard InChI is InChI=1S/C10H17NO.ClH/c1-6-10(5)7-12-8-11(10)9(2,3)4;/h1H,7-8H2,2-5H3;1H. The van der Waals surface area contributed by atoms with Gasteiger partial charge in [-0.2, -0.15) is 0 Å². The summed E-state index contributed by atoms with van der Waals surface area (Å²) in [5.74, 6) is 2.80. The van der Waals surface area contributed by atoms with Crippen LogP contribution in [-0.4, -0.2) is 29.3 Å². The second kappa shape index (κ2) is 3.88. The Morgan fingerprint density at radius 1 is 1.46 bits per heavy atom. The van der Waals surface area contributed by atoms with Crippen LogP contribution in [-0.2, 0) is 4.74 Å². The zero-order chi connectivity index (χ0) is 9.41. The molecule has 0 N–H and O–H groups in total. The molecular formula is C10H18ClNO. The summed E-state index contributed by atoms with van der Waals surface area (Å²) >= 11 is 0. The van der Waals surface area contributed by atoms with Gasteiger partial charge >= 0.3 is 0 Å². The average Bonchev–Trinajstić information content (AvgIpc) is 2.31. The third kappa shape index (κ3) is 2.37. The third-order valence-corrected chi connectivity index (χ3v) is 2.32. The molecule has 1 unspecified atom stereocenters. The molecular weight excluding hydrogens is 186 g/mol. The largest absolute Gasteiger partial charge is 0.363 e. The van der Waals surface area contributed by atoms with Crippen molar-refractivity contribution in [3.05, 3.63) is 0 Å². The van der Waals surface area contributed by atoms with E-state index in [0.717, 1.165) is 0 Å². The lowest BCUT2D eigenvalue weighted by molar-refractivity contribution is 0.0599. The molecule has 0 aliphatic carbocycles. The van der Waals surface area contributed by atoms with Gasteiger partial charge in [-0.05, 0) is 27.7 Å². The molecule has 3 heteroatoms. The lowest BCUT2D eigenvalue weighted by Crippen LogP contribution is -2.52. The van der Waals surface area contributed by atoms with Crippen LogP contribution in [0.5, 0.6) is 0 Å². The molecule has 13 heavy (non-hydrogen) atoms. The highest BCUT2D eigenvalue weighted by atomic mass is 35.5. The van der Waals surface area contributed by atoms with Crippen molar-refractivity contribution in [1.82, 2.24) is 4.90 Å². The van der Waals surface area contributed by atoms with E-state index in [1.807, 2.05) is 6.92 Å². The molecule has 1 rings (SSSR count). The van der Waals surface area contributed by atoms with E-state index >= 15 is 0 Å². The molecule has 1 saturated heterocycles. The lowest BCUT2D eigenvalue weighted by atomic mass is 9.96. The Balaban J connectivity index is 0.00000144. The highest BCUT2D eigenvalue weighted by Crippen LogP contribution is 2.29. The van der Waals surface area contributed by atoms with Crippen molar-refractivity contribution < 1.29 is 4.74 Å². The molecule has 0 aromatic rings. The second-order valence-electron chi connectivity index (χ2n) is 4.49. The Morgan fingerprint density at radius 3 is 2.31 bits per heavy atom. The zero-order valence-corrected chi connectivity index (χ0v) is 9.57. The molecule has 2 nitrogen and oxygen atoms in total. The van der Waals surface area contributed by atoms with Crippen molar-refractivity contribution >= 4 is 12.4 Å². The maximum atomic E-state index is 5.48. The van der Waals surface area contributed by atoms with E-state index in [9.17, 15) is 0 Å². The average molecular weight is 204 g/mol. The fraction of sp³-hybridized carbons (Fsp3) is 0.800. The van der Waals surface area contributed by atoms with Crippen molar-refractivity contribution in [3.8, 4) is 12.3 Å². The van der Waals surface area contributed by atoms with Crippen molar-refractivity contribution in [2.75, 3.05) is 13.3 Å². The normalized spacial score (nSPS) is 29.5. The van der Waals surface area contributed by atoms with Crippen molar-refractivity contribution in [2.24, 2.45) is 0 Å². The Hall–Kier alpha value is -0.230. The van der Waals surface area contributed by atoms with E-state index in [0.29, 0.717) is 13.3 Å². The summed E-state index contributed by atoms with van der Waals surface area (Å²) in [5.41, 5.74) is -0.143. The number of ether oxygens (including phenoxy) is 1. The van der Waals surface area contributed by atoms with Gasteiger partial charge in [0.1, 0.15) is 12.3 Å². The number of halogens is 1. The van der Waals surface area contributed by atoms with Crippen LogP contribution in [0.15, 0.2) is 0 Å². The van der Waals surface area contributed by atoms with E-state index in [2.05, 4.69) is 31.6 Å². The summed E-state index contributed by atoms with van der Waals surface area (Å²) < 4.78 is 5.37. The Kier molecular flexibility index (Phi) is 3.81. The molecule has 0 saturated carbocycles. The van der Waals surface area contributed by atoms with Crippen LogP contribution in [0, 0.1) is 12.3 Å². The van der Waals surface area contributed by atoms with Gasteiger partial charge in [0.2, 0.25) is 0 Å². The Bertz CT molecular complexity index is 216. The van der Waals surface area contributed by atoms with E-state index in [-0.39, 0.29) is 23.5 Å². The summed E-state index contributed by atoms with van der Waals surface area (Å²) in [4.78, 5) is 2.21. The number of nitrogens with zero attached hydrogens (tertiary/aromatic N) is 1. The van der Waals surface area contributed by atoms with E-state index < -0.39 is 0 Å². The van der Waals surface area contributed by atoms with E-state index in [4.69, 9.17) is 11.2 Å². The molecule has 0 spiro atoms. The first kappa shape index (κ1) is 12.8. The second-order valence-corrected chi connectivity index (χ2v) is 4.49. The number of hydrogen-bond donors (Lipinski definition) is 0. The fourth-order valence-corrected chi connectivity index (χ4v) is 1.61. The summed E-state index contributed by atoms with van der Waals surface area (Å²) in [6, 6.07) is 0. The number of hydrogen-bond acceptors (Lipinski definition) is 2. The van der Waals surface area contributed by atoms with Gasteiger partial charge in [0, 0.05) is 5.54 Å². The lowest BCUT2D eigenvalue weighted by Gasteiger charge is -2.39. The van der Waals surface area contributed by atoms with Crippen LogP contribution in [0.4, 0.5) is 0 Å².